The predicted molar refractivity (Wildman–Crippen MR) is 85.7 cm³/mol. The molecule has 0 spiro atoms. The molecule has 2 atom stereocenters. The molecule has 1 aliphatic heterocycles. The smallest absolute Gasteiger partial charge is 0.340 e. The summed E-state index contributed by atoms with van der Waals surface area (Å²) in [4.78, 5) is 12.1. The van der Waals surface area contributed by atoms with E-state index >= 15 is 0 Å². The summed E-state index contributed by atoms with van der Waals surface area (Å²) < 4.78 is 11.0. The van der Waals surface area contributed by atoms with Gasteiger partial charge in [0.05, 0.1) is 13.2 Å². The second kappa shape index (κ2) is 6.67. The van der Waals surface area contributed by atoms with Crippen molar-refractivity contribution in [2.24, 2.45) is 0 Å². The summed E-state index contributed by atoms with van der Waals surface area (Å²) in [5.74, 6) is -0.548. The Labute approximate surface area is 135 Å². The average molecular weight is 310 g/mol. The highest BCUT2D eigenvalue weighted by Gasteiger charge is 2.36. The van der Waals surface area contributed by atoms with Gasteiger partial charge in [-0.05, 0) is 11.1 Å². The Balaban J connectivity index is 2.02. The molecule has 1 heterocycles. The molecule has 0 aliphatic carbocycles. The Hall–Kier alpha value is -2.59. The van der Waals surface area contributed by atoms with Crippen molar-refractivity contribution in [2.45, 2.75) is 18.6 Å². The Morgan fingerprint density at radius 1 is 1.04 bits per heavy atom. The fraction of sp³-hybridized carbons (Fsp3) is 0.211. The van der Waals surface area contributed by atoms with E-state index in [0.29, 0.717) is 0 Å². The molecule has 23 heavy (non-hydrogen) atoms. The Bertz CT molecular complexity index is 707. The number of carbonyl (C=O) groups excluding carboxylic acids is 1. The molecule has 0 saturated carbocycles. The zero-order valence-corrected chi connectivity index (χ0v) is 12.8. The van der Waals surface area contributed by atoms with Gasteiger partial charge in [0.15, 0.2) is 0 Å². The van der Waals surface area contributed by atoms with Crippen LogP contribution in [0.25, 0.3) is 0 Å². The third-order valence-electron chi connectivity index (χ3n) is 3.93. The summed E-state index contributed by atoms with van der Waals surface area (Å²) in [6.45, 7) is 0. The minimum Gasteiger partial charge on any atom is -0.512 e. The molecular weight excluding hydrogens is 292 g/mol. The molecule has 4 heteroatoms. The van der Waals surface area contributed by atoms with Gasteiger partial charge in [0.25, 0.3) is 0 Å². The van der Waals surface area contributed by atoms with Crippen LogP contribution in [-0.4, -0.2) is 18.2 Å². The van der Waals surface area contributed by atoms with E-state index in [-0.39, 0.29) is 23.9 Å². The number of carbonyl (C=O) groups is 1. The maximum Gasteiger partial charge on any atom is 0.340 e. The van der Waals surface area contributed by atoms with Gasteiger partial charge in [-0.1, -0.05) is 60.7 Å². The van der Waals surface area contributed by atoms with Crippen molar-refractivity contribution in [3.63, 3.8) is 0 Å². The largest absolute Gasteiger partial charge is 0.512 e. The number of ether oxygens (including phenoxy) is 2. The van der Waals surface area contributed by atoms with Crippen LogP contribution in [0.5, 0.6) is 0 Å². The number of hydrogen-bond acceptors (Lipinski definition) is 4. The Kier molecular flexibility index (Phi) is 4.44. The lowest BCUT2D eigenvalue weighted by atomic mass is 9.93. The van der Waals surface area contributed by atoms with Gasteiger partial charge in [-0.15, -0.1) is 0 Å². The van der Waals surface area contributed by atoms with Crippen LogP contribution < -0.4 is 0 Å². The van der Waals surface area contributed by atoms with Crippen molar-refractivity contribution in [1.29, 1.82) is 0 Å². The van der Waals surface area contributed by atoms with Crippen LogP contribution in [0.15, 0.2) is 72.0 Å². The quantitative estimate of drug-likeness (QED) is 0.874. The molecule has 0 bridgehead atoms. The van der Waals surface area contributed by atoms with E-state index in [1.807, 2.05) is 60.7 Å². The number of aliphatic hydroxyl groups excluding tert-OH is 1. The zero-order valence-electron chi connectivity index (χ0n) is 12.8. The zero-order chi connectivity index (χ0) is 16.2. The highest BCUT2D eigenvalue weighted by molar-refractivity contribution is 5.90. The number of rotatable bonds is 3. The lowest BCUT2D eigenvalue weighted by molar-refractivity contribution is -0.140. The SMILES string of the molecule is COC(=O)C1=C(O)C[C@@H](c2ccccc2)O[C@H]1c1ccccc1. The minimum atomic E-state index is -0.650. The molecular formula is C19H18O4. The average Bonchev–Trinajstić information content (AvgIpc) is 2.62. The standard InChI is InChI=1S/C19H18O4/c1-22-19(21)17-15(20)12-16(13-8-4-2-5-9-13)23-18(17)14-10-6-3-7-11-14/h2-11,16,18,20H,12H2,1H3/t16-,18-/m0/s1. The van der Waals surface area contributed by atoms with Gasteiger partial charge in [-0.3, -0.25) is 0 Å². The van der Waals surface area contributed by atoms with Crippen LogP contribution in [0.3, 0.4) is 0 Å². The molecule has 0 saturated heterocycles. The van der Waals surface area contributed by atoms with Crippen molar-refractivity contribution in [3.05, 3.63) is 83.1 Å². The van der Waals surface area contributed by atoms with E-state index in [2.05, 4.69) is 0 Å². The maximum atomic E-state index is 12.1. The molecule has 0 amide bonds. The van der Waals surface area contributed by atoms with Gasteiger partial charge in [0.2, 0.25) is 0 Å². The monoisotopic (exact) mass is 310 g/mol. The molecule has 4 nitrogen and oxygen atoms in total. The van der Waals surface area contributed by atoms with Gasteiger partial charge in [-0.2, -0.15) is 0 Å². The molecule has 0 unspecified atom stereocenters. The molecule has 118 valence electrons. The van der Waals surface area contributed by atoms with Crippen molar-refractivity contribution < 1.29 is 19.4 Å². The molecule has 2 aromatic carbocycles. The van der Waals surface area contributed by atoms with E-state index in [1.54, 1.807) is 0 Å². The first-order valence-corrected chi connectivity index (χ1v) is 7.46. The second-order valence-corrected chi connectivity index (χ2v) is 5.38. The molecule has 0 aromatic heterocycles. The summed E-state index contributed by atoms with van der Waals surface area (Å²) in [5.41, 5.74) is 1.94. The lowest BCUT2D eigenvalue weighted by Crippen LogP contribution is -2.25. The summed E-state index contributed by atoms with van der Waals surface area (Å²) in [7, 11) is 1.30. The van der Waals surface area contributed by atoms with Gasteiger partial charge in [0, 0.05) is 6.42 Å². The molecule has 2 aromatic rings. The lowest BCUT2D eigenvalue weighted by Gasteiger charge is -2.31. The maximum absolute atomic E-state index is 12.1. The third kappa shape index (κ3) is 3.12. The first kappa shape index (κ1) is 15.3. The first-order valence-electron chi connectivity index (χ1n) is 7.46. The number of benzene rings is 2. The highest BCUT2D eigenvalue weighted by Crippen LogP contribution is 2.41. The van der Waals surface area contributed by atoms with Crippen molar-refractivity contribution in [3.8, 4) is 0 Å². The molecule has 0 radical (unpaired) electrons. The normalized spacial score (nSPS) is 21.1. The predicted octanol–water partition coefficient (Wildman–Crippen LogP) is 3.87. The van der Waals surface area contributed by atoms with Crippen LogP contribution in [0, 0.1) is 0 Å². The summed E-state index contributed by atoms with van der Waals surface area (Å²) in [6.07, 6.45) is -0.713. The fourth-order valence-electron chi connectivity index (χ4n) is 2.79. The van der Waals surface area contributed by atoms with Crippen LogP contribution >= 0.6 is 0 Å². The van der Waals surface area contributed by atoms with E-state index in [9.17, 15) is 9.90 Å². The number of methoxy groups -OCH3 is 1. The van der Waals surface area contributed by atoms with E-state index in [4.69, 9.17) is 9.47 Å². The number of aliphatic hydroxyl groups is 1. The fourth-order valence-corrected chi connectivity index (χ4v) is 2.79. The van der Waals surface area contributed by atoms with Crippen LogP contribution in [0.4, 0.5) is 0 Å². The molecule has 1 aliphatic rings. The van der Waals surface area contributed by atoms with Gasteiger partial charge in [0.1, 0.15) is 17.4 Å². The Morgan fingerprint density at radius 3 is 2.17 bits per heavy atom. The third-order valence-corrected chi connectivity index (χ3v) is 3.93. The second-order valence-electron chi connectivity index (χ2n) is 5.38. The van der Waals surface area contributed by atoms with Crippen molar-refractivity contribution in [1.82, 2.24) is 0 Å². The first-order chi connectivity index (χ1) is 11.2. The highest BCUT2D eigenvalue weighted by atomic mass is 16.5. The van der Waals surface area contributed by atoms with Crippen LogP contribution in [0.2, 0.25) is 0 Å². The van der Waals surface area contributed by atoms with E-state index in [0.717, 1.165) is 11.1 Å². The number of esters is 1. The molecule has 0 fully saturated rings. The van der Waals surface area contributed by atoms with Gasteiger partial charge < -0.3 is 14.6 Å². The van der Waals surface area contributed by atoms with Crippen molar-refractivity contribution >= 4 is 5.97 Å². The topological polar surface area (TPSA) is 55.8 Å². The summed E-state index contributed by atoms with van der Waals surface area (Å²) in [6, 6.07) is 19.0. The van der Waals surface area contributed by atoms with E-state index < -0.39 is 12.1 Å². The number of hydrogen-bond donors (Lipinski definition) is 1. The van der Waals surface area contributed by atoms with Crippen LogP contribution in [-0.2, 0) is 14.3 Å². The summed E-state index contributed by atoms with van der Waals surface area (Å²) in [5, 5.41) is 10.4. The van der Waals surface area contributed by atoms with Crippen LogP contribution in [0.1, 0.15) is 29.8 Å². The summed E-state index contributed by atoms with van der Waals surface area (Å²) >= 11 is 0. The minimum absolute atomic E-state index is 0.0193. The van der Waals surface area contributed by atoms with E-state index in [1.165, 1.54) is 7.11 Å². The molecule has 3 rings (SSSR count). The molecule has 1 N–H and O–H groups in total. The Morgan fingerprint density at radius 2 is 1.61 bits per heavy atom. The van der Waals surface area contributed by atoms with Crippen molar-refractivity contribution in [2.75, 3.05) is 7.11 Å². The van der Waals surface area contributed by atoms with Gasteiger partial charge in [-0.25, -0.2) is 4.79 Å². The van der Waals surface area contributed by atoms with Gasteiger partial charge >= 0.3 is 5.97 Å².